The van der Waals surface area contributed by atoms with Gasteiger partial charge in [-0.1, -0.05) is 44.2 Å². The molecule has 2 aromatic rings. The van der Waals surface area contributed by atoms with Crippen molar-refractivity contribution in [2.75, 3.05) is 11.9 Å². The van der Waals surface area contributed by atoms with Crippen LogP contribution in [0.15, 0.2) is 42.5 Å². The van der Waals surface area contributed by atoms with E-state index in [0.717, 1.165) is 35.9 Å². The number of para-hydroxylation sites is 2. The molecule has 0 aliphatic heterocycles. The van der Waals surface area contributed by atoms with Crippen molar-refractivity contribution in [3.05, 3.63) is 59.2 Å². The molecule has 1 amide bonds. The van der Waals surface area contributed by atoms with Gasteiger partial charge in [0.1, 0.15) is 5.75 Å². The van der Waals surface area contributed by atoms with Crippen molar-refractivity contribution in [3.63, 3.8) is 0 Å². The van der Waals surface area contributed by atoms with Gasteiger partial charge in [-0.05, 0) is 36.1 Å². The van der Waals surface area contributed by atoms with E-state index in [4.69, 9.17) is 4.74 Å². The predicted octanol–water partition coefficient (Wildman–Crippen LogP) is 3.64. The first-order valence-electron chi connectivity index (χ1n) is 7.77. The number of aryl methyl sites for hydroxylation is 2. The molecule has 0 aliphatic carbocycles. The Morgan fingerprint density at radius 3 is 2.30 bits per heavy atom. The number of amides is 1. The van der Waals surface area contributed by atoms with Crippen LogP contribution in [0.1, 0.15) is 35.3 Å². The number of benzene rings is 2. The molecule has 0 bridgehead atoms. The van der Waals surface area contributed by atoms with Gasteiger partial charge in [0.25, 0.3) is 5.91 Å². The second kappa shape index (κ2) is 8.13. The van der Waals surface area contributed by atoms with Crippen LogP contribution >= 0.6 is 0 Å². The van der Waals surface area contributed by atoms with Gasteiger partial charge in [0.15, 0.2) is 12.9 Å². The van der Waals surface area contributed by atoms with Crippen LogP contribution in [-0.2, 0) is 17.6 Å². The Hall–Kier alpha value is -2.62. The van der Waals surface area contributed by atoms with Crippen molar-refractivity contribution in [2.24, 2.45) is 0 Å². The minimum absolute atomic E-state index is 0.133. The van der Waals surface area contributed by atoms with E-state index in [1.807, 2.05) is 18.2 Å². The fraction of sp³-hybridized carbons (Fsp3) is 0.263. The van der Waals surface area contributed by atoms with E-state index in [-0.39, 0.29) is 12.5 Å². The van der Waals surface area contributed by atoms with Gasteiger partial charge in [-0.2, -0.15) is 0 Å². The quantitative estimate of drug-likeness (QED) is 0.794. The number of carbonyl (C=O) groups excluding carboxylic acids is 2. The maximum absolute atomic E-state index is 12.2. The van der Waals surface area contributed by atoms with Crippen molar-refractivity contribution in [2.45, 2.75) is 26.7 Å². The molecule has 0 fully saturated rings. The summed E-state index contributed by atoms with van der Waals surface area (Å²) in [6, 6.07) is 12.9. The van der Waals surface area contributed by atoms with E-state index >= 15 is 0 Å². The number of aldehydes is 1. The van der Waals surface area contributed by atoms with Gasteiger partial charge >= 0.3 is 0 Å². The van der Waals surface area contributed by atoms with Gasteiger partial charge in [-0.3, -0.25) is 9.59 Å². The van der Waals surface area contributed by atoms with Crippen LogP contribution in [0.3, 0.4) is 0 Å². The summed E-state index contributed by atoms with van der Waals surface area (Å²) in [5.74, 6) is 0.179. The Bertz CT molecular complexity index is 673. The van der Waals surface area contributed by atoms with E-state index in [9.17, 15) is 9.59 Å². The van der Waals surface area contributed by atoms with Crippen LogP contribution < -0.4 is 10.1 Å². The van der Waals surface area contributed by atoms with Gasteiger partial charge in [-0.25, -0.2) is 0 Å². The molecule has 2 rings (SSSR count). The third-order valence-corrected chi connectivity index (χ3v) is 3.67. The summed E-state index contributed by atoms with van der Waals surface area (Å²) in [7, 11) is 0. The maximum Gasteiger partial charge on any atom is 0.262 e. The molecule has 0 saturated heterocycles. The standard InChI is InChI=1S/C19H21NO3/c1-3-14-9-7-10-15(4-2)19(14)20-18(22)13-23-17-11-6-5-8-16(17)12-21/h5-12H,3-4,13H2,1-2H3,(H,20,22). The summed E-state index contributed by atoms with van der Waals surface area (Å²) < 4.78 is 5.47. The first-order valence-corrected chi connectivity index (χ1v) is 7.77. The van der Waals surface area contributed by atoms with Crippen molar-refractivity contribution in [1.82, 2.24) is 0 Å². The summed E-state index contributed by atoms with van der Waals surface area (Å²) in [4.78, 5) is 23.1. The van der Waals surface area contributed by atoms with Crippen LogP contribution in [0.5, 0.6) is 5.75 Å². The highest BCUT2D eigenvalue weighted by molar-refractivity contribution is 5.93. The van der Waals surface area contributed by atoms with E-state index in [0.29, 0.717) is 11.3 Å². The smallest absolute Gasteiger partial charge is 0.262 e. The minimum atomic E-state index is -0.235. The maximum atomic E-state index is 12.2. The second-order valence-corrected chi connectivity index (χ2v) is 5.15. The molecule has 0 aliphatic rings. The van der Waals surface area contributed by atoms with Crippen molar-refractivity contribution in [1.29, 1.82) is 0 Å². The SMILES string of the molecule is CCc1cccc(CC)c1NC(=O)COc1ccccc1C=O. The molecule has 0 radical (unpaired) electrons. The number of rotatable bonds is 7. The second-order valence-electron chi connectivity index (χ2n) is 5.15. The highest BCUT2D eigenvalue weighted by Crippen LogP contribution is 2.22. The average Bonchev–Trinajstić information content (AvgIpc) is 2.60. The van der Waals surface area contributed by atoms with Gasteiger partial charge in [0, 0.05) is 5.69 Å². The summed E-state index contributed by atoms with van der Waals surface area (Å²) in [5.41, 5.74) is 3.51. The molecule has 4 heteroatoms. The van der Waals surface area contributed by atoms with Gasteiger partial charge in [0.2, 0.25) is 0 Å². The number of hydrogen-bond donors (Lipinski definition) is 1. The summed E-state index contributed by atoms with van der Waals surface area (Å²) in [6.45, 7) is 3.98. The molecular weight excluding hydrogens is 290 g/mol. The largest absolute Gasteiger partial charge is 0.483 e. The number of anilines is 1. The predicted molar refractivity (Wildman–Crippen MR) is 91.2 cm³/mol. The molecule has 0 aromatic heterocycles. The zero-order valence-corrected chi connectivity index (χ0v) is 13.5. The highest BCUT2D eigenvalue weighted by Gasteiger charge is 2.11. The molecule has 0 unspecified atom stereocenters. The zero-order valence-electron chi connectivity index (χ0n) is 13.5. The van der Waals surface area contributed by atoms with Crippen molar-refractivity contribution in [3.8, 4) is 5.75 Å². The topological polar surface area (TPSA) is 55.4 Å². The van der Waals surface area contributed by atoms with E-state index < -0.39 is 0 Å². The lowest BCUT2D eigenvalue weighted by atomic mass is 10.0. The number of ether oxygens (including phenoxy) is 1. The summed E-state index contributed by atoms with van der Waals surface area (Å²) >= 11 is 0. The molecule has 2 aromatic carbocycles. The Morgan fingerprint density at radius 1 is 1.04 bits per heavy atom. The molecule has 0 atom stereocenters. The lowest BCUT2D eigenvalue weighted by Crippen LogP contribution is -2.22. The average molecular weight is 311 g/mol. The van der Waals surface area contributed by atoms with Crippen LogP contribution in [0.25, 0.3) is 0 Å². The molecule has 4 nitrogen and oxygen atoms in total. The monoisotopic (exact) mass is 311 g/mol. The highest BCUT2D eigenvalue weighted by atomic mass is 16.5. The number of carbonyl (C=O) groups is 2. The van der Waals surface area contributed by atoms with Crippen LogP contribution in [0.4, 0.5) is 5.69 Å². The zero-order chi connectivity index (χ0) is 16.7. The van der Waals surface area contributed by atoms with Gasteiger partial charge in [-0.15, -0.1) is 0 Å². The Kier molecular flexibility index (Phi) is 5.92. The molecular formula is C19H21NO3. The van der Waals surface area contributed by atoms with Gasteiger partial charge < -0.3 is 10.1 Å². The molecule has 0 saturated carbocycles. The van der Waals surface area contributed by atoms with E-state index in [1.165, 1.54) is 0 Å². The van der Waals surface area contributed by atoms with E-state index in [2.05, 4.69) is 19.2 Å². The fourth-order valence-electron chi connectivity index (χ4n) is 2.43. The van der Waals surface area contributed by atoms with Crippen molar-refractivity contribution >= 4 is 17.9 Å². The molecule has 0 heterocycles. The molecule has 0 spiro atoms. The molecule has 23 heavy (non-hydrogen) atoms. The fourth-order valence-corrected chi connectivity index (χ4v) is 2.43. The Labute approximate surface area is 136 Å². The molecule has 1 N–H and O–H groups in total. The van der Waals surface area contributed by atoms with Crippen molar-refractivity contribution < 1.29 is 14.3 Å². The number of nitrogens with one attached hydrogen (secondary N) is 1. The lowest BCUT2D eigenvalue weighted by Gasteiger charge is -2.15. The summed E-state index contributed by atoms with van der Waals surface area (Å²) in [5, 5.41) is 2.94. The lowest BCUT2D eigenvalue weighted by molar-refractivity contribution is -0.118. The number of hydrogen-bond acceptors (Lipinski definition) is 3. The van der Waals surface area contributed by atoms with Gasteiger partial charge in [0.05, 0.1) is 5.56 Å². The Balaban J connectivity index is 2.07. The van der Waals surface area contributed by atoms with Crippen LogP contribution in [-0.4, -0.2) is 18.8 Å². The van der Waals surface area contributed by atoms with Crippen LogP contribution in [0, 0.1) is 0 Å². The normalized spacial score (nSPS) is 10.2. The van der Waals surface area contributed by atoms with Crippen LogP contribution in [0.2, 0.25) is 0 Å². The summed E-state index contributed by atoms with van der Waals surface area (Å²) in [6.07, 6.45) is 2.41. The third kappa shape index (κ3) is 4.19. The first kappa shape index (κ1) is 16.7. The Morgan fingerprint density at radius 2 is 1.70 bits per heavy atom. The first-order chi connectivity index (χ1) is 11.2. The minimum Gasteiger partial charge on any atom is -0.483 e. The van der Waals surface area contributed by atoms with E-state index in [1.54, 1.807) is 24.3 Å². The third-order valence-electron chi connectivity index (χ3n) is 3.67. The molecule has 120 valence electrons.